The summed E-state index contributed by atoms with van der Waals surface area (Å²) in [5.41, 5.74) is 6.08. The monoisotopic (exact) mass is 205 g/mol. The van der Waals surface area contributed by atoms with Crippen LogP contribution in [0.3, 0.4) is 0 Å². The maximum Gasteiger partial charge on any atom is 0.221 e. The van der Waals surface area contributed by atoms with Gasteiger partial charge in [-0.25, -0.2) is 0 Å². The highest BCUT2D eigenvalue weighted by Gasteiger charge is 2.20. The number of allylic oxidation sites excluding steroid dienone is 1. The molecular formula is C12H15NO2. The molecule has 1 aromatic carbocycles. The highest BCUT2D eigenvalue weighted by Crippen LogP contribution is 2.27. The van der Waals surface area contributed by atoms with Gasteiger partial charge in [0.1, 0.15) is 5.75 Å². The van der Waals surface area contributed by atoms with Gasteiger partial charge in [-0.2, -0.15) is 0 Å². The zero-order valence-electron chi connectivity index (χ0n) is 8.68. The Kier molecular flexibility index (Phi) is 3.50. The second-order valence-corrected chi connectivity index (χ2v) is 3.55. The fourth-order valence-electron chi connectivity index (χ4n) is 1.54. The van der Waals surface area contributed by atoms with Gasteiger partial charge >= 0.3 is 0 Å². The van der Waals surface area contributed by atoms with Crippen molar-refractivity contribution in [3.05, 3.63) is 42.5 Å². The maximum absolute atomic E-state index is 11.1. The number of phenols is 1. The largest absolute Gasteiger partial charge is 0.508 e. The number of nitrogens with two attached hydrogens (primary N) is 1. The Morgan fingerprint density at radius 2 is 2.27 bits per heavy atom. The summed E-state index contributed by atoms with van der Waals surface area (Å²) < 4.78 is 0. The molecule has 0 saturated heterocycles. The summed E-state index contributed by atoms with van der Waals surface area (Å²) in [7, 11) is 0. The molecule has 3 N–H and O–H groups in total. The summed E-state index contributed by atoms with van der Waals surface area (Å²) in [5, 5.41) is 9.33. The van der Waals surface area contributed by atoms with E-state index in [1.807, 2.05) is 6.07 Å². The van der Waals surface area contributed by atoms with E-state index >= 15 is 0 Å². The molecule has 1 amide bonds. The average Bonchev–Trinajstić information content (AvgIpc) is 2.18. The summed E-state index contributed by atoms with van der Waals surface area (Å²) in [6.07, 6.45) is 1.67. The van der Waals surface area contributed by atoms with E-state index in [2.05, 4.69) is 6.58 Å². The number of hydrogen-bond acceptors (Lipinski definition) is 2. The molecule has 0 saturated carbocycles. The normalized spacial score (nSPS) is 14.2. The van der Waals surface area contributed by atoms with Crippen molar-refractivity contribution in [1.29, 1.82) is 0 Å². The number of carbonyl (C=O) groups excluding carboxylic acids is 1. The van der Waals surface area contributed by atoms with Gasteiger partial charge in [-0.05, 0) is 17.7 Å². The number of phenolic OH excluding ortho intramolecular Hbond substituents is 1. The highest BCUT2D eigenvalue weighted by molar-refractivity contribution is 5.77. The number of primary amides is 1. The van der Waals surface area contributed by atoms with Crippen molar-refractivity contribution in [2.75, 3.05) is 0 Å². The lowest BCUT2D eigenvalue weighted by Crippen LogP contribution is -2.25. The van der Waals surface area contributed by atoms with Gasteiger partial charge in [0.2, 0.25) is 5.91 Å². The number of rotatable bonds is 4. The highest BCUT2D eigenvalue weighted by atomic mass is 16.3. The molecule has 0 fully saturated rings. The Balaban J connectivity index is 3.02. The Morgan fingerprint density at radius 3 is 2.73 bits per heavy atom. The van der Waals surface area contributed by atoms with Gasteiger partial charge in [-0.1, -0.05) is 25.1 Å². The van der Waals surface area contributed by atoms with Crippen molar-refractivity contribution in [2.24, 2.45) is 11.7 Å². The van der Waals surface area contributed by atoms with Crippen LogP contribution in [0.5, 0.6) is 5.75 Å². The molecule has 1 rings (SSSR count). The number of hydrogen-bond donors (Lipinski definition) is 2. The zero-order valence-corrected chi connectivity index (χ0v) is 8.68. The van der Waals surface area contributed by atoms with E-state index in [0.717, 1.165) is 5.56 Å². The summed E-state index contributed by atoms with van der Waals surface area (Å²) in [4.78, 5) is 11.1. The van der Waals surface area contributed by atoms with Crippen LogP contribution in [0.1, 0.15) is 18.4 Å². The number of aromatic hydroxyl groups is 1. The predicted octanol–water partition coefficient (Wildman–Crippen LogP) is 1.78. The lowest BCUT2D eigenvalue weighted by atomic mass is 9.87. The molecule has 0 unspecified atom stereocenters. The number of amides is 1. The van der Waals surface area contributed by atoms with E-state index in [1.54, 1.807) is 31.2 Å². The summed E-state index contributed by atoms with van der Waals surface area (Å²) in [6, 6.07) is 6.77. The third-order valence-corrected chi connectivity index (χ3v) is 2.50. The van der Waals surface area contributed by atoms with Gasteiger partial charge in [0.25, 0.3) is 0 Å². The Bertz CT molecular complexity index is 374. The van der Waals surface area contributed by atoms with Gasteiger partial charge < -0.3 is 10.8 Å². The standard InChI is InChI=1S/C12H15NO2/c1-3-11(8(2)12(13)15)9-5-4-6-10(14)7-9/h3-8,11,14H,1H2,2H3,(H2,13,15)/t8-,11-/m1/s1. The molecule has 0 bridgehead atoms. The van der Waals surface area contributed by atoms with Crippen molar-refractivity contribution < 1.29 is 9.90 Å². The van der Waals surface area contributed by atoms with Crippen molar-refractivity contribution >= 4 is 5.91 Å². The van der Waals surface area contributed by atoms with Crippen molar-refractivity contribution in [3.8, 4) is 5.75 Å². The topological polar surface area (TPSA) is 63.3 Å². The lowest BCUT2D eigenvalue weighted by Gasteiger charge is -2.18. The molecule has 0 heterocycles. The first-order valence-electron chi connectivity index (χ1n) is 4.77. The Labute approximate surface area is 89.2 Å². The molecule has 15 heavy (non-hydrogen) atoms. The van der Waals surface area contributed by atoms with Crippen molar-refractivity contribution in [1.82, 2.24) is 0 Å². The minimum absolute atomic E-state index is 0.158. The van der Waals surface area contributed by atoms with E-state index in [9.17, 15) is 9.90 Å². The van der Waals surface area contributed by atoms with Crippen LogP contribution in [-0.2, 0) is 4.79 Å². The van der Waals surface area contributed by atoms with Gasteiger partial charge in [0.15, 0.2) is 0 Å². The fourth-order valence-corrected chi connectivity index (χ4v) is 1.54. The van der Waals surface area contributed by atoms with Crippen LogP contribution in [0.25, 0.3) is 0 Å². The average molecular weight is 205 g/mol. The molecule has 1 aromatic rings. The quantitative estimate of drug-likeness (QED) is 0.736. The molecule has 0 aliphatic heterocycles. The SMILES string of the molecule is C=C[C@@H](c1cccc(O)c1)[C@@H](C)C(N)=O. The fraction of sp³-hybridized carbons (Fsp3) is 0.250. The molecule has 0 aliphatic carbocycles. The molecule has 2 atom stereocenters. The van der Waals surface area contributed by atoms with Crippen LogP contribution in [0.15, 0.2) is 36.9 Å². The van der Waals surface area contributed by atoms with Crippen LogP contribution in [0.4, 0.5) is 0 Å². The molecule has 0 aromatic heterocycles. The number of benzene rings is 1. The van der Waals surface area contributed by atoms with E-state index < -0.39 is 0 Å². The van der Waals surface area contributed by atoms with Crippen LogP contribution in [0, 0.1) is 5.92 Å². The molecule has 0 aliphatic rings. The molecule has 3 nitrogen and oxygen atoms in total. The minimum Gasteiger partial charge on any atom is -0.508 e. The second kappa shape index (κ2) is 4.64. The second-order valence-electron chi connectivity index (χ2n) is 3.55. The third-order valence-electron chi connectivity index (χ3n) is 2.50. The lowest BCUT2D eigenvalue weighted by molar-refractivity contribution is -0.121. The molecular weight excluding hydrogens is 190 g/mol. The van der Waals surface area contributed by atoms with Crippen LogP contribution >= 0.6 is 0 Å². The zero-order chi connectivity index (χ0) is 11.4. The van der Waals surface area contributed by atoms with E-state index in [0.29, 0.717) is 0 Å². The Morgan fingerprint density at radius 1 is 1.60 bits per heavy atom. The van der Waals surface area contributed by atoms with Gasteiger partial charge in [0.05, 0.1) is 0 Å². The molecule has 80 valence electrons. The van der Waals surface area contributed by atoms with Crippen LogP contribution in [-0.4, -0.2) is 11.0 Å². The van der Waals surface area contributed by atoms with Gasteiger partial charge in [-0.15, -0.1) is 6.58 Å². The Hall–Kier alpha value is -1.77. The minimum atomic E-state index is -0.372. The van der Waals surface area contributed by atoms with E-state index in [4.69, 9.17) is 5.73 Å². The molecule has 3 heteroatoms. The first-order valence-corrected chi connectivity index (χ1v) is 4.77. The van der Waals surface area contributed by atoms with E-state index in [1.165, 1.54) is 0 Å². The first kappa shape index (κ1) is 11.3. The summed E-state index contributed by atoms with van der Waals surface area (Å²) in [6.45, 7) is 5.43. The van der Waals surface area contributed by atoms with Gasteiger partial charge in [-0.3, -0.25) is 4.79 Å². The molecule has 0 radical (unpaired) electrons. The summed E-state index contributed by atoms with van der Waals surface area (Å²) in [5.74, 6) is -0.682. The van der Waals surface area contributed by atoms with Crippen LogP contribution in [0.2, 0.25) is 0 Å². The van der Waals surface area contributed by atoms with Gasteiger partial charge in [0, 0.05) is 11.8 Å². The smallest absolute Gasteiger partial charge is 0.221 e. The summed E-state index contributed by atoms with van der Waals surface area (Å²) >= 11 is 0. The van der Waals surface area contributed by atoms with Crippen LogP contribution < -0.4 is 5.73 Å². The van der Waals surface area contributed by atoms with Crippen molar-refractivity contribution in [3.63, 3.8) is 0 Å². The first-order chi connectivity index (χ1) is 7.06. The van der Waals surface area contributed by atoms with Crippen molar-refractivity contribution in [2.45, 2.75) is 12.8 Å². The molecule has 0 spiro atoms. The predicted molar refractivity (Wildman–Crippen MR) is 59.4 cm³/mol. The van der Waals surface area contributed by atoms with E-state index in [-0.39, 0.29) is 23.5 Å². The maximum atomic E-state index is 11.1. The number of carbonyl (C=O) groups is 1. The third kappa shape index (κ3) is 2.59.